The second-order valence-electron chi connectivity index (χ2n) is 6.34. The summed E-state index contributed by atoms with van der Waals surface area (Å²) in [4.78, 5) is 18.6. The fourth-order valence-corrected chi connectivity index (χ4v) is 3.17. The van der Waals surface area contributed by atoms with Crippen LogP contribution in [0.15, 0.2) is 42.7 Å². The standard InChI is InChI=1S/C19H22N4O3.2ClH/c24-19(23-9-7-20-8-10-23)22-18(26-16-2-1-6-21-13-16)15-3-4-17-14(12-15)5-11-25-17;;/h1-4,6,12-13,18,20H,5,7-11H2,(H,22,24);2*1H. The van der Waals surface area contributed by atoms with Gasteiger partial charge in [0.1, 0.15) is 11.5 Å². The average molecular weight is 427 g/mol. The molecule has 1 atom stereocenters. The molecule has 0 spiro atoms. The lowest BCUT2D eigenvalue weighted by Gasteiger charge is -2.30. The molecule has 0 radical (unpaired) electrons. The molecular weight excluding hydrogens is 403 g/mol. The number of aromatic nitrogens is 1. The van der Waals surface area contributed by atoms with Gasteiger partial charge in [0.2, 0.25) is 0 Å². The van der Waals surface area contributed by atoms with E-state index in [0.717, 1.165) is 36.4 Å². The lowest BCUT2D eigenvalue weighted by molar-refractivity contribution is 0.139. The summed E-state index contributed by atoms with van der Waals surface area (Å²) in [5.41, 5.74) is 2.03. The largest absolute Gasteiger partial charge is 0.493 e. The molecule has 3 heterocycles. The zero-order valence-electron chi connectivity index (χ0n) is 15.3. The van der Waals surface area contributed by atoms with Gasteiger partial charge in [-0.1, -0.05) is 0 Å². The second kappa shape index (κ2) is 10.4. The van der Waals surface area contributed by atoms with Gasteiger partial charge in [0.25, 0.3) is 0 Å². The molecule has 152 valence electrons. The van der Waals surface area contributed by atoms with E-state index in [0.29, 0.717) is 25.4 Å². The van der Waals surface area contributed by atoms with Crippen molar-refractivity contribution in [1.82, 2.24) is 20.5 Å². The number of carbonyl (C=O) groups is 1. The highest BCUT2D eigenvalue weighted by Crippen LogP contribution is 2.29. The van der Waals surface area contributed by atoms with Crippen molar-refractivity contribution in [3.05, 3.63) is 53.9 Å². The van der Waals surface area contributed by atoms with Crippen LogP contribution in [-0.4, -0.2) is 48.7 Å². The molecule has 1 aromatic heterocycles. The van der Waals surface area contributed by atoms with Gasteiger partial charge < -0.3 is 19.7 Å². The van der Waals surface area contributed by atoms with Crippen molar-refractivity contribution >= 4 is 30.8 Å². The van der Waals surface area contributed by atoms with Gasteiger partial charge in [-0.05, 0) is 35.9 Å². The van der Waals surface area contributed by atoms with Gasteiger partial charge in [-0.3, -0.25) is 10.3 Å². The number of piperazine rings is 1. The van der Waals surface area contributed by atoms with Crippen molar-refractivity contribution in [3.63, 3.8) is 0 Å². The van der Waals surface area contributed by atoms with Crippen LogP contribution in [0.25, 0.3) is 0 Å². The molecule has 0 saturated carbocycles. The van der Waals surface area contributed by atoms with Crippen LogP contribution in [0.1, 0.15) is 17.4 Å². The van der Waals surface area contributed by atoms with E-state index in [1.165, 1.54) is 0 Å². The maximum atomic E-state index is 12.7. The van der Waals surface area contributed by atoms with E-state index >= 15 is 0 Å². The highest BCUT2D eigenvalue weighted by molar-refractivity contribution is 5.85. The summed E-state index contributed by atoms with van der Waals surface area (Å²) in [6.07, 6.45) is 3.61. The van der Waals surface area contributed by atoms with Crippen molar-refractivity contribution in [2.24, 2.45) is 0 Å². The Labute approximate surface area is 176 Å². The smallest absolute Gasteiger partial charge is 0.320 e. The van der Waals surface area contributed by atoms with Gasteiger partial charge in [0, 0.05) is 44.4 Å². The normalized spacial score (nSPS) is 15.9. The van der Waals surface area contributed by atoms with E-state index in [4.69, 9.17) is 9.47 Å². The van der Waals surface area contributed by atoms with E-state index in [1.54, 1.807) is 23.4 Å². The van der Waals surface area contributed by atoms with Crippen LogP contribution in [0.3, 0.4) is 0 Å². The van der Waals surface area contributed by atoms with Gasteiger partial charge in [0.05, 0.1) is 12.8 Å². The number of pyridine rings is 1. The summed E-state index contributed by atoms with van der Waals surface area (Å²) in [6.45, 7) is 3.67. The van der Waals surface area contributed by atoms with E-state index in [-0.39, 0.29) is 30.8 Å². The molecule has 1 unspecified atom stereocenters. The van der Waals surface area contributed by atoms with Crippen molar-refractivity contribution in [3.8, 4) is 11.5 Å². The molecule has 0 bridgehead atoms. The topological polar surface area (TPSA) is 75.7 Å². The van der Waals surface area contributed by atoms with Gasteiger partial charge >= 0.3 is 6.03 Å². The van der Waals surface area contributed by atoms with Crippen LogP contribution in [0, 0.1) is 0 Å². The Morgan fingerprint density at radius 2 is 2.07 bits per heavy atom. The number of fused-ring (bicyclic) bond motifs is 1. The maximum absolute atomic E-state index is 12.7. The minimum atomic E-state index is -0.590. The Balaban J connectivity index is 0.00000140. The van der Waals surface area contributed by atoms with E-state index in [1.807, 2.05) is 24.3 Å². The summed E-state index contributed by atoms with van der Waals surface area (Å²) >= 11 is 0. The highest BCUT2D eigenvalue weighted by Gasteiger charge is 2.23. The van der Waals surface area contributed by atoms with Crippen LogP contribution in [-0.2, 0) is 6.42 Å². The predicted molar refractivity (Wildman–Crippen MR) is 111 cm³/mol. The first-order chi connectivity index (χ1) is 12.8. The molecule has 0 aliphatic carbocycles. The quantitative estimate of drug-likeness (QED) is 0.734. The molecule has 2 aromatic rings. The van der Waals surface area contributed by atoms with Crippen molar-refractivity contribution in [2.75, 3.05) is 32.8 Å². The fraction of sp³-hybridized carbons (Fsp3) is 0.368. The molecule has 7 nitrogen and oxygen atoms in total. The van der Waals surface area contributed by atoms with Crippen LogP contribution >= 0.6 is 24.8 Å². The Hall–Kier alpha value is -2.22. The Morgan fingerprint density at radius 1 is 1.25 bits per heavy atom. The molecule has 4 rings (SSSR count). The fourth-order valence-electron chi connectivity index (χ4n) is 3.17. The van der Waals surface area contributed by atoms with Crippen LogP contribution < -0.4 is 20.1 Å². The summed E-state index contributed by atoms with van der Waals surface area (Å²) in [5.74, 6) is 1.51. The summed E-state index contributed by atoms with van der Waals surface area (Å²) < 4.78 is 11.6. The minimum absolute atomic E-state index is 0. The summed E-state index contributed by atoms with van der Waals surface area (Å²) in [7, 11) is 0. The molecule has 1 saturated heterocycles. The van der Waals surface area contributed by atoms with E-state index in [9.17, 15) is 4.79 Å². The Morgan fingerprint density at radius 3 is 2.82 bits per heavy atom. The lowest BCUT2D eigenvalue weighted by atomic mass is 10.1. The number of hydrogen-bond donors (Lipinski definition) is 2. The monoisotopic (exact) mass is 426 g/mol. The summed E-state index contributed by atoms with van der Waals surface area (Å²) in [5, 5.41) is 6.26. The molecule has 2 N–H and O–H groups in total. The number of halogens is 2. The van der Waals surface area contributed by atoms with Gasteiger partial charge in [-0.2, -0.15) is 0 Å². The molecule has 2 amide bonds. The Bertz CT molecular complexity index is 773. The number of urea groups is 1. The number of ether oxygens (including phenoxy) is 2. The van der Waals surface area contributed by atoms with Gasteiger partial charge in [-0.25, -0.2) is 4.79 Å². The highest BCUT2D eigenvalue weighted by atomic mass is 35.5. The van der Waals surface area contributed by atoms with Gasteiger partial charge in [-0.15, -0.1) is 24.8 Å². The Kier molecular flexibility index (Phi) is 8.17. The molecular formula is C19H24Cl2N4O3. The maximum Gasteiger partial charge on any atom is 0.320 e. The second-order valence-corrected chi connectivity index (χ2v) is 6.34. The molecule has 2 aliphatic heterocycles. The summed E-state index contributed by atoms with van der Waals surface area (Å²) in [6, 6.07) is 9.42. The van der Waals surface area contributed by atoms with Crippen LogP contribution in [0.4, 0.5) is 4.79 Å². The first-order valence-electron chi connectivity index (χ1n) is 8.88. The number of amides is 2. The first kappa shape index (κ1) is 22.1. The van der Waals surface area contributed by atoms with Crippen LogP contribution in [0.5, 0.6) is 11.5 Å². The number of carbonyl (C=O) groups excluding carboxylic acids is 1. The SMILES string of the molecule is Cl.Cl.O=C(NC(Oc1cccnc1)c1ccc2c(c1)CCO2)N1CCNCC1. The minimum Gasteiger partial charge on any atom is -0.493 e. The van der Waals surface area contributed by atoms with Crippen LogP contribution in [0.2, 0.25) is 0 Å². The number of hydrogen-bond acceptors (Lipinski definition) is 5. The molecule has 1 aromatic carbocycles. The number of nitrogens with one attached hydrogen (secondary N) is 2. The van der Waals surface area contributed by atoms with Crippen molar-refractivity contribution < 1.29 is 14.3 Å². The average Bonchev–Trinajstić information content (AvgIpc) is 3.17. The van der Waals surface area contributed by atoms with E-state index in [2.05, 4.69) is 15.6 Å². The third-order valence-corrected chi connectivity index (χ3v) is 4.56. The number of rotatable bonds is 4. The van der Waals surface area contributed by atoms with Crippen molar-refractivity contribution in [1.29, 1.82) is 0 Å². The third-order valence-electron chi connectivity index (χ3n) is 4.56. The van der Waals surface area contributed by atoms with Gasteiger partial charge in [0.15, 0.2) is 6.23 Å². The zero-order valence-corrected chi connectivity index (χ0v) is 16.9. The first-order valence-corrected chi connectivity index (χ1v) is 8.88. The zero-order chi connectivity index (χ0) is 17.8. The molecule has 9 heteroatoms. The molecule has 1 fully saturated rings. The number of nitrogens with zero attached hydrogens (tertiary/aromatic N) is 2. The van der Waals surface area contributed by atoms with Crippen molar-refractivity contribution in [2.45, 2.75) is 12.6 Å². The third kappa shape index (κ3) is 5.19. The number of benzene rings is 1. The molecule has 2 aliphatic rings. The predicted octanol–water partition coefficient (Wildman–Crippen LogP) is 2.55. The lowest BCUT2D eigenvalue weighted by Crippen LogP contribution is -2.51. The van der Waals surface area contributed by atoms with E-state index < -0.39 is 6.23 Å². The molecule has 28 heavy (non-hydrogen) atoms.